The van der Waals surface area contributed by atoms with Gasteiger partial charge in [-0.25, -0.2) is 9.97 Å². The van der Waals surface area contributed by atoms with Crippen molar-refractivity contribution in [3.8, 4) is 11.3 Å². The third-order valence-corrected chi connectivity index (χ3v) is 6.39. The molecule has 7 nitrogen and oxygen atoms in total. The molecule has 182 valence electrons. The number of benzene rings is 3. The Labute approximate surface area is 211 Å². The number of nitrogens with two attached hydrogens (primary N) is 1. The zero-order valence-corrected chi connectivity index (χ0v) is 20.2. The first-order valence-electron chi connectivity index (χ1n) is 12.2. The zero-order valence-electron chi connectivity index (χ0n) is 20.2. The maximum absolute atomic E-state index is 11.1. The quantitative estimate of drug-likeness (QED) is 0.394. The van der Waals surface area contributed by atoms with Gasteiger partial charge in [-0.05, 0) is 41.5 Å². The topological polar surface area (TPSA) is 87.4 Å². The highest BCUT2D eigenvalue weighted by Crippen LogP contribution is 2.23. The summed E-state index contributed by atoms with van der Waals surface area (Å²) in [5, 5.41) is 3.31. The van der Waals surface area contributed by atoms with E-state index in [-0.39, 0.29) is 12.3 Å². The first-order valence-corrected chi connectivity index (χ1v) is 12.2. The summed E-state index contributed by atoms with van der Waals surface area (Å²) in [5.74, 6) is 0.198. The third kappa shape index (κ3) is 6.06. The number of hydrogen-bond acceptors (Lipinski definition) is 6. The van der Waals surface area contributed by atoms with Crippen LogP contribution in [0.2, 0.25) is 0 Å². The lowest BCUT2D eigenvalue weighted by atomic mass is 10.1. The van der Waals surface area contributed by atoms with Crippen LogP contribution in [-0.2, 0) is 17.8 Å². The molecule has 1 fully saturated rings. The minimum atomic E-state index is -0.340. The minimum Gasteiger partial charge on any atom is -0.369 e. The van der Waals surface area contributed by atoms with Gasteiger partial charge >= 0.3 is 0 Å². The molecule has 3 N–H and O–H groups in total. The molecule has 0 unspecified atom stereocenters. The Balaban J connectivity index is 1.17. The van der Waals surface area contributed by atoms with Crippen LogP contribution in [0.4, 0.5) is 17.3 Å². The first-order chi connectivity index (χ1) is 17.6. The number of anilines is 3. The average molecular weight is 479 g/mol. The number of nitrogens with one attached hydrogen (secondary N) is 1. The minimum absolute atomic E-state index is 0.232. The second-order valence-electron chi connectivity index (χ2n) is 9.03. The molecule has 0 aliphatic carbocycles. The monoisotopic (exact) mass is 478 g/mol. The molecule has 0 radical (unpaired) electrons. The Hall–Kier alpha value is -4.23. The SMILES string of the molecule is NC(=O)Cc1ccc(-c2ccnc(Nc3ccc(N4CCN(Cc5ccccc5)CC4)cc3)n2)cc1. The number of aromatic nitrogens is 2. The van der Waals surface area contributed by atoms with Crippen molar-refractivity contribution in [2.24, 2.45) is 5.73 Å². The highest BCUT2D eigenvalue weighted by Gasteiger charge is 2.17. The van der Waals surface area contributed by atoms with Crippen molar-refractivity contribution in [2.45, 2.75) is 13.0 Å². The number of rotatable bonds is 8. The van der Waals surface area contributed by atoms with E-state index in [0.29, 0.717) is 5.95 Å². The third-order valence-electron chi connectivity index (χ3n) is 6.39. The largest absolute Gasteiger partial charge is 0.369 e. The van der Waals surface area contributed by atoms with E-state index in [1.807, 2.05) is 30.3 Å². The number of primary amides is 1. The molecule has 0 atom stereocenters. The Morgan fingerprint density at radius 1 is 0.833 bits per heavy atom. The van der Waals surface area contributed by atoms with Crippen LogP contribution in [0, 0.1) is 0 Å². The molecule has 3 aromatic carbocycles. The molecule has 0 spiro atoms. The molecule has 1 saturated heterocycles. The predicted molar refractivity (Wildman–Crippen MR) is 144 cm³/mol. The van der Waals surface area contributed by atoms with Crippen LogP contribution in [0.3, 0.4) is 0 Å². The molecule has 5 rings (SSSR count). The van der Waals surface area contributed by atoms with Crippen molar-refractivity contribution >= 4 is 23.2 Å². The Kier molecular flexibility index (Phi) is 7.19. The molecule has 7 heteroatoms. The number of carbonyl (C=O) groups excluding carboxylic acids is 1. The van der Waals surface area contributed by atoms with Gasteiger partial charge in [-0.3, -0.25) is 9.69 Å². The number of nitrogens with zero attached hydrogens (tertiary/aromatic N) is 4. The number of amides is 1. The molecule has 1 aliphatic rings. The van der Waals surface area contributed by atoms with E-state index in [1.54, 1.807) is 6.20 Å². The van der Waals surface area contributed by atoms with Crippen LogP contribution < -0.4 is 16.0 Å². The van der Waals surface area contributed by atoms with Crippen LogP contribution in [0.15, 0.2) is 91.1 Å². The maximum atomic E-state index is 11.1. The van der Waals surface area contributed by atoms with E-state index in [4.69, 9.17) is 5.73 Å². The van der Waals surface area contributed by atoms with Crippen molar-refractivity contribution < 1.29 is 4.79 Å². The highest BCUT2D eigenvalue weighted by molar-refractivity contribution is 5.77. The highest BCUT2D eigenvalue weighted by atomic mass is 16.1. The summed E-state index contributed by atoms with van der Waals surface area (Å²) in [5.41, 5.74) is 11.5. The van der Waals surface area contributed by atoms with Gasteiger partial charge in [0, 0.05) is 55.9 Å². The zero-order chi connectivity index (χ0) is 24.7. The average Bonchev–Trinajstić information content (AvgIpc) is 2.91. The summed E-state index contributed by atoms with van der Waals surface area (Å²) < 4.78 is 0. The lowest BCUT2D eigenvalue weighted by Gasteiger charge is -2.36. The first kappa shape index (κ1) is 23.5. The Morgan fingerprint density at radius 2 is 1.56 bits per heavy atom. The van der Waals surface area contributed by atoms with Crippen LogP contribution in [0.5, 0.6) is 0 Å². The smallest absolute Gasteiger partial charge is 0.227 e. The normalized spacial score (nSPS) is 13.9. The molecule has 0 bridgehead atoms. The van der Waals surface area contributed by atoms with E-state index >= 15 is 0 Å². The van der Waals surface area contributed by atoms with E-state index in [2.05, 4.69) is 79.7 Å². The fraction of sp³-hybridized carbons (Fsp3) is 0.207. The molecule has 1 aliphatic heterocycles. The van der Waals surface area contributed by atoms with E-state index in [9.17, 15) is 4.79 Å². The summed E-state index contributed by atoms with van der Waals surface area (Å²) in [4.78, 5) is 25.1. The summed E-state index contributed by atoms with van der Waals surface area (Å²) in [7, 11) is 0. The van der Waals surface area contributed by atoms with Gasteiger partial charge in [0.05, 0.1) is 12.1 Å². The molecule has 1 aromatic heterocycles. The summed E-state index contributed by atoms with van der Waals surface area (Å²) in [6.45, 7) is 5.15. The molecule has 0 saturated carbocycles. The van der Waals surface area contributed by atoms with E-state index in [1.165, 1.54) is 11.3 Å². The van der Waals surface area contributed by atoms with Crippen LogP contribution in [0.25, 0.3) is 11.3 Å². The number of piperazine rings is 1. The fourth-order valence-corrected chi connectivity index (χ4v) is 4.46. The predicted octanol–water partition coefficient (Wildman–Crippen LogP) is 4.24. The van der Waals surface area contributed by atoms with Gasteiger partial charge < -0.3 is 16.0 Å². The van der Waals surface area contributed by atoms with Gasteiger partial charge in [-0.2, -0.15) is 0 Å². The summed E-state index contributed by atoms with van der Waals surface area (Å²) in [6, 6.07) is 28.7. The van der Waals surface area contributed by atoms with Gasteiger partial charge in [-0.1, -0.05) is 54.6 Å². The molecular weight excluding hydrogens is 448 g/mol. The van der Waals surface area contributed by atoms with Gasteiger partial charge in [0.1, 0.15) is 0 Å². The van der Waals surface area contributed by atoms with Crippen molar-refractivity contribution in [2.75, 3.05) is 36.4 Å². The number of carbonyl (C=O) groups is 1. The van der Waals surface area contributed by atoms with Crippen molar-refractivity contribution in [1.29, 1.82) is 0 Å². The van der Waals surface area contributed by atoms with Crippen molar-refractivity contribution in [3.05, 3.63) is 102 Å². The van der Waals surface area contributed by atoms with Gasteiger partial charge in [0.25, 0.3) is 0 Å². The molecule has 36 heavy (non-hydrogen) atoms. The molecule has 4 aromatic rings. The molecule has 1 amide bonds. The molecule has 2 heterocycles. The lowest BCUT2D eigenvalue weighted by molar-refractivity contribution is -0.117. The summed E-state index contributed by atoms with van der Waals surface area (Å²) in [6.07, 6.45) is 1.97. The Morgan fingerprint density at radius 3 is 2.25 bits per heavy atom. The van der Waals surface area contributed by atoms with Gasteiger partial charge in [0.2, 0.25) is 11.9 Å². The molecular formula is C29H30N6O. The Bertz CT molecular complexity index is 1280. The fourth-order valence-electron chi connectivity index (χ4n) is 4.46. The van der Waals surface area contributed by atoms with Crippen LogP contribution in [-0.4, -0.2) is 47.0 Å². The number of hydrogen-bond donors (Lipinski definition) is 2. The second kappa shape index (κ2) is 11.0. The van der Waals surface area contributed by atoms with Crippen molar-refractivity contribution in [3.63, 3.8) is 0 Å². The van der Waals surface area contributed by atoms with Crippen LogP contribution in [0.1, 0.15) is 11.1 Å². The van der Waals surface area contributed by atoms with E-state index in [0.717, 1.165) is 55.2 Å². The second-order valence-corrected chi connectivity index (χ2v) is 9.03. The standard InChI is InChI=1S/C29H30N6O/c30-28(36)20-22-6-8-24(9-7-22)27-14-15-31-29(33-27)32-25-10-12-26(13-11-25)35-18-16-34(17-19-35)21-23-4-2-1-3-5-23/h1-15H,16-21H2,(H2,30,36)(H,31,32,33). The van der Waals surface area contributed by atoms with E-state index < -0.39 is 0 Å². The van der Waals surface area contributed by atoms with Gasteiger partial charge in [0.15, 0.2) is 0 Å². The van der Waals surface area contributed by atoms with Gasteiger partial charge in [-0.15, -0.1) is 0 Å². The summed E-state index contributed by atoms with van der Waals surface area (Å²) >= 11 is 0. The lowest BCUT2D eigenvalue weighted by Crippen LogP contribution is -2.45. The maximum Gasteiger partial charge on any atom is 0.227 e. The van der Waals surface area contributed by atoms with Crippen molar-refractivity contribution in [1.82, 2.24) is 14.9 Å². The van der Waals surface area contributed by atoms with Crippen LogP contribution >= 0.6 is 0 Å².